The zero-order valence-electron chi connectivity index (χ0n) is 9.89. The van der Waals surface area contributed by atoms with E-state index in [1.54, 1.807) is 0 Å². The molecule has 2 atom stereocenters. The van der Waals surface area contributed by atoms with Gasteiger partial charge in [0.1, 0.15) is 0 Å². The lowest BCUT2D eigenvalue weighted by molar-refractivity contribution is 0.0762. The van der Waals surface area contributed by atoms with E-state index in [4.69, 9.17) is 0 Å². The molecule has 1 aromatic rings. The first kappa shape index (κ1) is 10.7. The molecule has 0 amide bonds. The molecule has 1 aromatic heterocycles. The lowest BCUT2D eigenvalue weighted by Gasteiger charge is -2.41. The Labute approximate surface area is 102 Å². The number of hydrogen-bond donors (Lipinski definition) is 1. The first-order chi connectivity index (χ1) is 8.29. The summed E-state index contributed by atoms with van der Waals surface area (Å²) >= 11 is 0. The van der Waals surface area contributed by atoms with Crippen LogP contribution in [0.1, 0.15) is 36.9 Å². The number of aliphatic hydroxyl groups is 1. The van der Waals surface area contributed by atoms with Gasteiger partial charge in [-0.2, -0.15) is 0 Å². The Morgan fingerprint density at radius 3 is 3.29 bits per heavy atom. The van der Waals surface area contributed by atoms with Crippen LogP contribution in [-0.2, 0) is 5.41 Å². The van der Waals surface area contributed by atoms with Crippen LogP contribution >= 0.6 is 0 Å². The van der Waals surface area contributed by atoms with Gasteiger partial charge in [-0.25, -0.2) is 0 Å². The fraction of sp³-hybridized carbons (Fsp3) is 0.400. The van der Waals surface area contributed by atoms with Gasteiger partial charge >= 0.3 is 0 Å². The Morgan fingerprint density at radius 2 is 2.47 bits per heavy atom. The Morgan fingerprint density at radius 1 is 1.59 bits per heavy atom. The second kappa shape index (κ2) is 3.81. The number of rotatable bonds is 2. The molecule has 17 heavy (non-hydrogen) atoms. The van der Waals surface area contributed by atoms with Gasteiger partial charge in [0.25, 0.3) is 0 Å². The van der Waals surface area contributed by atoms with E-state index in [1.165, 1.54) is 11.1 Å². The molecule has 1 fully saturated rings. The molecule has 0 unspecified atom stereocenters. The van der Waals surface area contributed by atoms with Crippen molar-refractivity contribution in [2.24, 2.45) is 0 Å². The number of allylic oxidation sites excluding steroid dienone is 1. The summed E-state index contributed by atoms with van der Waals surface area (Å²) in [4.78, 5) is 4.42. The van der Waals surface area contributed by atoms with Crippen LogP contribution in [0.2, 0.25) is 0 Å². The van der Waals surface area contributed by atoms with Crippen LogP contribution < -0.4 is 0 Å². The van der Waals surface area contributed by atoms with E-state index in [-0.39, 0.29) is 11.5 Å². The van der Waals surface area contributed by atoms with E-state index in [0.717, 1.165) is 31.4 Å². The van der Waals surface area contributed by atoms with Gasteiger partial charge in [-0.05, 0) is 43.4 Å². The van der Waals surface area contributed by atoms with Crippen LogP contribution in [-0.4, -0.2) is 16.2 Å². The quantitative estimate of drug-likeness (QED) is 0.788. The van der Waals surface area contributed by atoms with Crippen molar-refractivity contribution in [3.63, 3.8) is 0 Å². The average molecular weight is 227 g/mol. The molecule has 88 valence electrons. The standard InChI is InChI=1S/C15H17NO/c1-2-8-15-11(5-3-7-14(15)17)10-13-12(15)6-4-9-16-13/h2,4,6,9-10,14,17H,1,3,5,7-8H2/t14-,15+/m1/s1. The molecule has 0 spiro atoms. The van der Waals surface area contributed by atoms with E-state index in [2.05, 4.69) is 23.7 Å². The molecule has 1 N–H and O–H groups in total. The molecule has 2 aliphatic rings. The van der Waals surface area contributed by atoms with Gasteiger partial charge in [0, 0.05) is 11.6 Å². The highest BCUT2D eigenvalue weighted by atomic mass is 16.3. The van der Waals surface area contributed by atoms with Gasteiger partial charge in [0.2, 0.25) is 0 Å². The molecule has 0 saturated heterocycles. The van der Waals surface area contributed by atoms with E-state index in [1.807, 2.05) is 18.3 Å². The number of fused-ring (bicyclic) bond motifs is 3. The molecule has 1 saturated carbocycles. The number of aromatic nitrogens is 1. The van der Waals surface area contributed by atoms with Crippen molar-refractivity contribution in [1.82, 2.24) is 4.98 Å². The summed E-state index contributed by atoms with van der Waals surface area (Å²) in [5, 5.41) is 10.5. The third kappa shape index (κ3) is 1.34. The first-order valence-corrected chi connectivity index (χ1v) is 6.24. The Bertz CT molecular complexity index is 491. The Balaban J connectivity index is 2.20. The SMILES string of the molecule is C=CC[C@]12C(=Cc3ncccc31)CCC[C@H]2O. The molecule has 0 aliphatic heterocycles. The Hall–Kier alpha value is -1.41. The van der Waals surface area contributed by atoms with Crippen molar-refractivity contribution in [3.8, 4) is 0 Å². The van der Waals surface area contributed by atoms with Gasteiger partial charge in [0.15, 0.2) is 0 Å². The highest BCUT2D eigenvalue weighted by molar-refractivity contribution is 5.68. The van der Waals surface area contributed by atoms with Crippen LogP contribution in [0.4, 0.5) is 0 Å². The molecular weight excluding hydrogens is 210 g/mol. The molecule has 0 radical (unpaired) electrons. The normalized spacial score (nSPS) is 30.4. The minimum Gasteiger partial charge on any atom is -0.392 e. The minimum atomic E-state index is -0.300. The van der Waals surface area contributed by atoms with Crippen molar-refractivity contribution in [3.05, 3.63) is 47.8 Å². The predicted octanol–water partition coefficient (Wildman–Crippen LogP) is 2.84. The topological polar surface area (TPSA) is 33.1 Å². The second-order valence-electron chi connectivity index (χ2n) is 4.98. The van der Waals surface area contributed by atoms with Crippen molar-refractivity contribution < 1.29 is 5.11 Å². The van der Waals surface area contributed by atoms with E-state index in [9.17, 15) is 5.11 Å². The summed E-state index contributed by atoms with van der Waals surface area (Å²) < 4.78 is 0. The highest BCUT2D eigenvalue weighted by Crippen LogP contribution is 2.51. The molecule has 0 bridgehead atoms. The van der Waals surface area contributed by atoms with Gasteiger partial charge in [0.05, 0.1) is 11.8 Å². The molecular formula is C15H17NO. The van der Waals surface area contributed by atoms with E-state index >= 15 is 0 Å². The maximum atomic E-state index is 10.5. The van der Waals surface area contributed by atoms with Crippen LogP contribution in [0.15, 0.2) is 36.6 Å². The van der Waals surface area contributed by atoms with Crippen LogP contribution in [0.3, 0.4) is 0 Å². The first-order valence-electron chi connectivity index (χ1n) is 6.24. The number of aliphatic hydroxyl groups excluding tert-OH is 1. The zero-order valence-corrected chi connectivity index (χ0v) is 9.89. The summed E-state index contributed by atoms with van der Waals surface area (Å²) in [6.07, 6.45) is 9.43. The molecule has 2 nitrogen and oxygen atoms in total. The summed E-state index contributed by atoms with van der Waals surface area (Å²) in [5.74, 6) is 0. The van der Waals surface area contributed by atoms with Gasteiger partial charge in [-0.3, -0.25) is 4.98 Å². The smallest absolute Gasteiger partial charge is 0.0678 e. The van der Waals surface area contributed by atoms with Crippen molar-refractivity contribution in [1.29, 1.82) is 0 Å². The molecule has 0 aromatic carbocycles. The van der Waals surface area contributed by atoms with Crippen molar-refractivity contribution in [2.75, 3.05) is 0 Å². The fourth-order valence-corrected chi connectivity index (χ4v) is 3.40. The maximum Gasteiger partial charge on any atom is 0.0678 e. The van der Waals surface area contributed by atoms with Crippen LogP contribution in [0.5, 0.6) is 0 Å². The number of nitrogens with zero attached hydrogens (tertiary/aromatic N) is 1. The van der Waals surface area contributed by atoms with E-state index < -0.39 is 0 Å². The van der Waals surface area contributed by atoms with Crippen molar-refractivity contribution >= 4 is 6.08 Å². The number of hydrogen-bond acceptors (Lipinski definition) is 2. The lowest BCUT2D eigenvalue weighted by Crippen LogP contribution is -2.42. The molecule has 1 heterocycles. The minimum absolute atomic E-state index is 0.233. The Kier molecular flexibility index (Phi) is 2.40. The zero-order chi connectivity index (χ0) is 11.9. The lowest BCUT2D eigenvalue weighted by atomic mass is 9.65. The maximum absolute atomic E-state index is 10.5. The molecule has 2 aliphatic carbocycles. The van der Waals surface area contributed by atoms with E-state index in [0.29, 0.717) is 0 Å². The van der Waals surface area contributed by atoms with Crippen LogP contribution in [0, 0.1) is 0 Å². The second-order valence-corrected chi connectivity index (χ2v) is 4.98. The molecule has 3 rings (SSSR count). The predicted molar refractivity (Wildman–Crippen MR) is 68.6 cm³/mol. The highest BCUT2D eigenvalue weighted by Gasteiger charge is 2.48. The third-order valence-corrected chi connectivity index (χ3v) is 4.16. The molecule has 2 heteroatoms. The third-order valence-electron chi connectivity index (χ3n) is 4.16. The summed E-state index contributed by atoms with van der Waals surface area (Å²) in [7, 11) is 0. The van der Waals surface area contributed by atoms with Crippen LogP contribution in [0.25, 0.3) is 6.08 Å². The van der Waals surface area contributed by atoms with Gasteiger partial charge in [-0.1, -0.05) is 17.7 Å². The fourth-order valence-electron chi connectivity index (χ4n) is 3.40. The summed E-state index contributed by atoms with van der Waals surface area (Å²) in [5.41, 5.74) is 3.32. The summed E-state index contributed by atoms with van der Waals surface area (Å²) in [6, 6.07) is 4.06. The van der Waals surface area contributed by atoms with Gasteiger partial charge < -0.3 is 5.11 Å². The monoisotopic (exact) mass is 227 g/mol. The summed E-state index contributed by atoms with van der Waals surface area (Å²) in [6.45, 7) is 3.86. The van der Waals surface area contributed by atoms with Crippen molar-refractivity contribution in [2.45, 2.75) is 37.2 Å². The largest absolute Gasteiger partial charge is 0.392 e. The average Bonchev–Trinajstić information content (AvgIpc) is 2.66. The van der Waals surface area contributed by atoms with Gasteiger partial charge in [-0.15, -0.1) is 6.58 Å². The number of pyridine rings is 1.